The van der Waals surface area contributed by atoms with Crippen LogP contribution in [-0.2, 0) is 13.0 Å². The number of ether oxygens (including phenoxy) is 1. The third kappa shape index (κ3) is 7.34. The van der Waals surface area contributed by atoms with E-state index in [0.29, 0.717) is 12.6 Å². The molecule has 1 atom stereocenters. The number of aryl methyl sites for hydroxylation is 1. The lowest BCUT2D eigenvalue weighted by molar-refractivity contribution is 0.409. The van der Waals surface area contributed by atoms with Gasteiger partial charge in [-0.25, -0.2) is 0 Å². The molecule has 0 bridgehead atoms. The Balaban J connectivity index is 0.00000312. The number of para-hydroxylation sites is 1. The van der Waals surface area contributed by atoms with E-state index in [0.717, 1.165) is 30.1 Å². The van der Waals surface area contributed by atoms with Crippen molar-refractivity contribution >= 4 is 29.9 Å². The zero-order valence-corrected chi connectivity index (χ0v) is 17.5. The van der Waals surface area contributed by atoms with Crippen LogP contribution in [0.25, 0.3) is 0 Å². The quantitative estimate of drug-likeness (QED) is 0.379. The summed E-state index contributed by atoms with van der Waals surface area (Å²) in [6.07, 6.45) is 2.11. The van der Waals surface area contributed by atoms with Crippen LogP contribution < -0.4 is 15.4 Å². The highest BCUT2D eigenvalue weighted by atomic mass is 127. The van der Waals surface area contributed by atoms with E-state index < -0.39 is 0 Å². The zero-order chi connectivity index (χ0) is 17.2. The van der Waals surface area contributed by atoms with Crippen molar-refractivity contribution < 1.29 is 4.74 Å². The van der Waals surface area contributed by atoms with Gasteiger partial charge in [0.1, 0.15) is 5.75 Å². The minimum Gasteiger partial charge on any atom is -0.496 e. The number of methoxy groups -OCH3 is 1. The van der Waals surface area contributed by atoms with E-state index >= 15 is 0 Å². The van der Waals surface area contributed by atoms with Crippen molar-refractivity contribution in [1.29, 1.82) is 0 Å². The number of nitrogens with one attached hydrogen (secondary N) is 2. The summed E-state index contributed by atoms with van der Waals surface area (Å²) in [4.78, 5) is 4.31. The van der Waals surface area contributed by atoms with Crippen LogP contribution in [0.4, 0.5) is 0 Å². The summed E-state index contributed by atoms with van der Waals surface area (Å²) in [6, 6.07) is 18.9. The van der Waals surface area contributed by atoms with Gasteiger partial charge in [-0.05, 0) is 31.4 Å². The number of benzene rings is 2. The van der Waals surface area contributed by atoms with E-state index in [1.54, 1.807) is 14.2 Å². The summed E-state index contributed by atoms with van der Waals surface area (Å²) in [5, 5.41) is 6.79. The molecule has 25 heavy (non-hydrogen) atoms. The first-order valence-electron chi connectivity index (χ1n) is 8.36. The highest BCUT2D eigenvalue weighted by molar-refractivity contribution is 14.0. The lowest BCUT2D eigenvalue weighted by atomic mass is 10.1. The van der Waals surface area contributed by atoms with Crippen LogP contribution >= 0.6 is 24.0 Å². The Morgan fingerprint density at radius 2 is 1.76 bits per heavy atom. The molecule has 2 rings (SSSR count). The Hall–Kier alpha value is -1.76. The second-order valence-electron chi connectivity index (χ2n) is 5.81. The van der Waals surface area contributed by atoms with Gasteiger partial charge in [-0.15, -0.1) is 24.0 Å². The van der Waals surface area contributed by atoms with Crippen molar-refractivity contribution in [3.8, 4) is 5.75 Å². The fraction of sp³-hybridized carbons (Fsp3) is 0.350. The Morgan fingerprint density at radius 1 is 1.08 bits per heavy atom. The summed E-state index contributed by atoms with van der Waals surface area (Å²) in [7, 11) is 3.49. The lowest BCUT2D eigenvalue weighted by Crippen LogP contribution is -2.42. The summed E-state index contributed by atoms with van der Waals surface area (Å²) in [5.74, 6) is 1.69. The first kappa shape index (κ1) is 21.3. The van der Waals surface area contributed by atoms with E-state index in [1.165, 1.54) is 5.56 Å². The van der Waals surface area contributed by atoms with Crippen molar-refractivity contribution in [2.75, 3.05) is 14.2 Å². The number of hydrogen-bond acceptors (Lipinski definition) is 2. The van der Waals surface area contributed by atoms with Crippen molar-refractivity contribution in [3.05, 3.63) is 65.7 Å². The molecular weight excluding hydrogens is 425 g/mol. The number of nitrogens with zero attached hydrogens (tertiary/aromatic N) is 1. The van der Waals surface area contributed by atoms with Crippen molar-refractivity contribution in [1.82, 2.24) is 10.6 Å². The molecule has 0 aromatic heterocycles. The maximum atomic E-state index is 5.38. The largest absolute Gasteiger partial charge is 0.496 e. The van der Waals surface area contributed by atoms with Gasteiger partial charge < -0.3 is 15.4 Å². The second kappa shape index (κ2) is 11.7. The van der Waals surface area contributed by atoms with Crippen LogP contribution in [0.15, 0.2) is 59.6 Å². The van der Waals surface area contributed by atoms with Crippen molar-refractivity contribution in [2.24, 2.45) is 4.99 Å². The maximum absolute atomic E-state index is 5.38. The van der Waals surface area contributed by atoms with Gasteiger partial charge in [-0.1, -0.05) is 48.5 Å². The van der Waals surface area contributed by atoms with Crippen LogP contribution in [0.2, 0.25) is 0 Å². The van der Waals surface area contributed by atoms with Crippen LogP contribution in [-0.4, -0.2) is 26.2 Å². The summed E-state index contributed by atoms with van der Waals surface area (Å²) < 4.78 is 5.38. The van der Waals surface area contributed by atoms with Gasteiger partial charge in [-0.2, -0.15) is 0 Å². The van der Waals surface area contributed by atoms with Gasteiger partial charge in [0.2, 0.25) is 0 Å². The molecule has 1 unspecified atom stereocenters. The smallest absolute Gasteiger partial charge is 0.191 e. The number of halogens is 1. The molecular formula is C20H28IN3O. The minimum atomic E-state index is 0. The standard InChI is InChI=1S/C20H27N3O.HI/c1-16(13-14-17-9-5-4-6-10-17)23-20(21-2)22-15-18-11-7-8-12-19(18)24-3;/h4-12,16H,13-15H2,1-3H3,(H2,21,22,23);1H. The van der Waals surface area contributed by atoms with Gasteiger partial charge >= 0.3 is 0 Å². The van der Waals surface area contributed by atoms with Gasteiger partial charge in [0.05, 0.1) is 7.11 Å². The first-order chi connectivity index (χ1) is 11.7. The molecule has 136 valence electrons. The van der Waals surface area contributed by atoms with Gasteiger partial charge in [0.15, 0.2) is 5.96 Å². The van der Waals surface area contributed by atoms with Crippen LogP contribution in [0.3, 0.4) is 0 Å². The summed E-state index contributed by atoms with van der Waals surface area (Å²) in [6.45, 7) is 2.86. The monoisotopic (exact) mass is 453 g/mol. The maximum Gasteiger partial charge on any atom is 0.191 e. The fourth-order valence-electron chi connectivity index (χ4n) is 2.56. The molecule has 0 saturated heterocycles. The predicted octanol–water partition coefficient (Wildman–Crippen LogP) is 4.00. The Bertz CT molecular complexity index is 646. The Morgan fingerprint density at radius 3 is 2.44 bits per heavy atom. The summed E-state index contributed by atoms with van der Waals surface area (Å²) in [5.41, 5.74) is 2.48. The van der Waals surface area contributed by atoms with Crippen molar-refractivity contribution in [2.45, 2.75) is 32.4 Å². The lowest BCUT2D eigenvalue weighted by Gasteiger charge is -2.18. The molecule has 0 heterocycles. The van der Waals surface area contributed by atoms with Crippen molar-refractivity contribution in [3.63, 3.8) is 0 Å². The number of hydrogen-bond donors (Lipinski definition) is 2. The van der Waals surface area contributed by atoms with E-state index in [9.17, 15) is 0 Å². The van der Waals surface area contributed by atoms with E-state index in [-0.39, 0.29) is 24.0 Å². The van der Waals surface area contributed by atoms with Gasteiger partial charge in [0.25, 0.3) is 0 Å². The number of guanidine groups is 1. The predicted molar refractivity (Wildman–Crippen MR) is 116 cm³/mol. The number of aliphatic imine (C=N–C) groups is 1. The van der Waals surface area contributed by atoms with Gasteiger partial charge in [0, 0.05) is 25.2 Å². The molecule has 0 aliphatic carbocycles. The minimum absolute atomic E-state index is 0. The molecule has 0 radical (unpaired) electrons. The van der Waals surface area contributed by atoms with E-state index in [2.05, 4.69) is 58.9 Å². The normalized spacial score (nSPS) is 12.0. The Kier molecular flexibility index (Phi) is 9.99. The second-order valence-corrected chi connectivity index (χ2v) is 5.81. The third-order valence-corrected chi connectivity index (χ3v) is 3.95. The highest BCUT2D eigenvalue weighted by Gasteiger charge is 2.07. The van der Waals surface area contributed by atoms with E-state index in [1.807, 2.05) is 18.2 Å². The molecule has 0 spiro atoms. The highest BCUT2D eigenvalue weighted by Crippen LogP contribution is 2.16. The van der Waals surface area contributed by atoms with E-state index in [4.69, 9.17) is 4.74 Å². The molecule has 0 amide bonds. The molecule has 0 fully saturated rings. The molecule has 2 aromatic rings. The molecule has 2 aromatic carbocycles. The molecule has 4 nitrogen and oxygen atoms in total. The average Bonchev–Trinajstić information content (AvgIpc) is 2.64. The molecule has 5 heteroatoms. The third-order valence-electron chi connectivity index (χ3n) is 3.95. The zero-order valence-electron chi connectivity index (χ0n) is 15.2. The first-order valence-corrected chi connectivity index (χ1v) is 8.36. The molecule has 2 N–H and O–H groups in total. The van der Waals surface area contributed by atoms with Crippen LogP contribution in [0.5, 0.6) is 5.75 Å². The number of rotatable bonds is 7. The fourth-order valence-corrected chi connectivity index (χ4v) is 2.56. The topological polar surface area (TPSA) is 45.7 Å². The van der Waals surface area contributed by atoms with Gasteiger partial charge in [-0.3, -0.25) is 4.99 Å². The Labute approximate surface area is 168 Å². The summed E-state index contributed by atoms with van der Waals surface area (Å²) >= 11 is 0. The molecule has 0 saturated carbocycles. The average molecular weight is 453 g/mol. The SMILES string of the molecule is CN=C(NCc1ccccc1OC)NC(C)CCc1ccccc1.I. The van der Waals surface area contributed by atoms with Crippen LogP contribution in [0, 0.1) is 0 Å². The molecule has 0 aliphatic rings. The van der Waals surface area contributed by atoms with Crippen LogP contribution in [0.1, 0.15) is 24.5 Å². The molecule has 0 aliphatic heterocycles.